The minimum absolute atomic E-state index is 0.326. The molecule has 1 unspecified atom stereocenters. The fourth-order valence-electron chi connectivity index (χ4n) is 2.28. The summed E-state index contributed by atoms with van der Waals surface area (Å²) >= 11 is 7.14. The van der Waals surface area contributed by atoms with E-state index in [-0.39, 0.29) is 0 Å². The zero-order valence-electron chi connectivity index (χ0n) is 11.1. The van der Waals surface area contributed by atoms with Crippen molar-refractivity contribution >= 4 is 31.9 Å². The number of halogens is 2. The first kappa shape index (κ1) is 14.8. The Bertz CT molecular complexity index is 566. The van der Waals surface area contributed by atoms with Crippen molar-refractivity contribution < 1.29 is 0 Å². The Hall–Kier alpha value is -0.640. The predicted molar refractivity (Wildman–Crippen MR) is 88.5 cm³/mol. The Kier molecular flexibility index (Phi) is 5.20. The van der Waals surface area contributed by atoms with Crippen LogP contribution in [0.4, 0.5) is 0 Å². The van der Waals surface area contributed by atoms with Gasteiger partial charge in [-0.25, -0.2) is 0 Å². The molecule has 100 valence electrons. The van der Waals surface area contributed by atoms with Crippen LogP contribution in [0.3, 0.4) is 0 Å². The van der Waals surface area contributed by atoms with E-state index in [1.165, 1.54) is 21.2 Å². The van der Waals surface area contributed by atoms with Crippen molar-refractivity contribution in [3.63, 3.8) is 0 Å². The molecule has 0 aromatic heterocycles. The third kappa shape index (κ3) is 3.68. The van der Waals surface area contributed by atoms with Crippen LogP contribution in [-0.4, -0.2) is 7.05 Å². The van der Waals surface area contributed by atoms with Crippen LogP contribution in [0.2, 0.25) is 0 Å². The normalized spacial score (nSPS) is 12.4. The summed E-state index contributed by atoms with van der Waals surface area (Å²) in [5.74, 6) is 0. The molecule has 0 amide bonds. The molecule has 3 heteroatoms. The van der Waals surface area contributed by atoms with E-state index < -0.39 is 0 Å². The van der Waals surface area contributed by atoms with Crippen LogP contribution in [0.25, 0.3) is 0 Å². The van der Waals surface area contributed by atoms with Crippen molar-refractivity contribution in [2.24, 2.45) is 0 Å². The lowest BCUT2D eigenvalue weighted by molar-refractivity contribution is 0.588. The summed E-state index contributed by atoms with van der Waals surface area (Å²) in [4.78, 5) is 0. The second-order valence-corrected chi connectivity index (χ2v) is 6.41. The Morgan fingerprint density at radius 3 is 2.47 bits per heavy atom. The van der Waals surface area contributed by atoms with Gasteiger partial charge in [-0.2, -0.15) is 0 Å². The largest absolute Gasteiger partial charge is 0.313 e. The Morgan fingerprint density at radius 1 is 1.11 bits per heavy atom. The van der Waals surface area contributed by atoms with Crippen LogP contribution in [0.5, 0.6) is 0 Å². The number of hydrogen-bond acceptors (Lipinski definition) is 1. The van der Waals surface area contributed by atoms with Crippen LogP contribution < -0.4 is 5.32 Å². The van der Waals surface area contributed by atoms with Crippen molar-refractivity contribution in [3.05, 3.63) is 68.1 Å². The fourth-order valence-corrected chi connectivity index (χ4v) is 3.20. The van der Waals surface area contributed by atoms with Crippen molar-refractivity contribution in [3.8, 4) is 0 Å². The molecule has 1 atom stereocenters. The van der Waals surface area contributed by atoms with Gasteiger partial charge in [-0.05, 0) is 55.3 Å². The molecular formula is C16H17Br2N. The Morgan fingerprint density at radius 2 is 1.84 bits per heavy atom. The van der Waals surface area contributed by atoms with Gasteiger partial charge in [-0.15, -0.1) is 0 Å². The van der Waals surface area contributed by atoms with Gasteiger partial charge in [0.05, 0.1) is 0 Å². The minimum Gasteiger partial charge on any atom is -0.313 e. The van der Waals surface area contributed by atoms with E-state index >= 15 is 0 Å². The van der Waals surface area contributed by atoms with Gasteiger partial charge in [0.1, 0.15) is 0 Å². The highest BCUT2D eigenvalue weighted by atomic mass is 79.9. The van der Waals surface area contributed by atoms with Gasteiger partial charge in [0.2, 0.25) is 0 Å². The molecule has 2 rings (SSSR count). The topological polar surface area (TPSA) is 12.0 Å². The maximum Gasteiger partial charge on any atom is 0.0361 e. The maximum absolute atomic E-state index is 3.62. The summed E-state index contributed by atoms with van der Waals surface area (Å²) < 4.78 is 2.30. The molecule has 0 heterocycles. The van der Waals surface area contributed by atoms with E-state index in [0.29, 0.717) is 6.04 Å². The third-order valence-electron chi connectivity index (χ3n) is 3.34. The Labute approximate surface area is 131 Å². The van der Waals surface area contributed by atoms with Gasteiger partial charge < -0.3 is 5.32 Å². The lowest BCUT2D eigenvalue weighted by Gasteiger charge is -2.20. The van der Waals surface area contributed by atoms with Crippen LogP contribution in [0, 0.1) is 6.92 Å². The quantitative estimate of drug-likeness (QED) is 0.782. The molecule has 0 fully saturated rings. The summed E-state index contributed by atoms with van der Waals surface area (Å²) in [6.45, 7) is 2.16. The summed E-state index contributed by atoms with van der Waals surface area (Å²) in [6, 6.07) is 15.2. The van der Waals surface area contributed by atoms with E-state index in [2.05, 4.69) is 80.5 Å². The molecule has 2 aromatic rings. The fraction of sp³-hybridized carbons (Fsp3) is 0.250. The molecule has 0 saturated heterocycles. The monoisotopic (exact) mass is 381 g/mol. The minimum atomic E-state index is 0.326. The second kappa shape index (κ2) is 6.69. The number of aryl methyl sites for hydroxylation is 1. The molecule has 0 spiro atoms. The molecule has 0 aliphatic heterocycles. The molecule has 1 nitrogen and oxygen atoms in total. The van der Waals surface area contributed by atoms with E-state index in [9.17, 15) is 0 Å². The molecule has 2 aromatic carbocycles. The number of nitrogens with one attached hydrogen (secondary N) is 1. The predicted octanol–water partition coefficient (Wildman–Crippen LogP) is 5.02. The molecule has 19 heavy (non-hydrogen) atoms. The van der Waals surface area contributed by atoms with Crippen LogP contribution in [-0.2, 0) is 6.42 Å². The van der Waals surface area contributed by atoms with Crippen molar-refractivity contribution in [1.29, 1.82) is 0 Å². The molecule has 1 N–H and O–H groups in total. The maximum atomic E-state index is 3.62. The van der Waals surface area contributed by atoms with E-state index in [0.717, 1.165) is 10.9 Å². The highest BCUT2D eigenvalue weighted by Crippen LogP contribution is 2.27. The van der Waals surface area contributed by atoms with Crippen LogP contribution >= 0.6 is 31.9 Å². The number of benzene rings is 2. The van der Waals surface area contributed by atoms with E-state index in [1.807, 2.05) is 13.1 Å². The van der Waals surface area contributed by atoms with Gasteiger partial charge in [0.25, 0.3) is 0 Å². The second-order valence-electron chi connectivity index (χ2n) is 4.64. The van der Waals surface area contributed by atoms with Gasteiger partial charge in [-0.3, -0.25) is 0 Å². The number of hydrogen-bond donors (Lipinski definition) is 1. The lowest BCUT2D eigenvalue weighted by Crippen LogP contribution is -2.20. The van der Waals surface area contributed by atoms with Crippen molar-refractivity contribution in [2.75, 3.05) is 7.05 Å². The molecule has 0 bridgehead atoms. The summed E-state index contributed by atoms with van der Waals surface area (Å²) in [6.07, 6.45) is 0.973. The van der Waals surface area contributed by atoms with Gasteiger partial charge in [0, 0.05) is 15.0 Å². The summed E-state index contributed by atoms with van der Waals surface area (Å²) in [5.41, 5.74) is 3.98. The molecular weight excluding hydrogens is 366 g/mol. The first-order valence-corrected chi connectivity index (χ1v) is 7.87. The smallest absolute Gasteiger partial charge is 0.0361 e. The van der Waals surface area contributed by atoms with Crippen molar-refractivity contribution in [2.45, 2.75) is 19.4 Å². The lowest BCUT2D eigenvalue weighted by atomic mass is 9.95. The summed E-state index contributed by atoms with van der Waals surface area (Å²) in [5, 5.41) is 3.42. The first-order chi connectivity index (χ1) is 9.11. The average Bonchev–Trinajstić information content (AvgIpc) is 2.39. The van der Waals surface area contributed by atoms with Gasteiger partial charge in [0.15, 0.2) is 0 Å². The number of rotatable bonds is 4. The highest BCUT2D eigenvalue weighted by molar-refractivity contribution is 9.10. The molecule has 0 aliphatic carbocycles. The average molecular weight is 383 g/mol. The van der Waals surface area contributed by atoms with Gasteiger partial charge in [-0.1, -0.05) is 56.1 Å². The van der Waals surface area contributed by atoms with E-state index in [4.69, 9.17) is 0 Å². The molecule has 0 radical (unpaired) electrons. The zero-order chi connectivity index (χ0) is 13.8. The van der Waals surface area contributed by atoms with E-state index in [1.54, 1.807) is 0 Å². The SMILES string of the molecule is CNC(Cc1ccccc1Br)c1ccc(Br)cc1C. The molecule has 0 saturated carbocycles. The van der Waals surface area contributed by atoms with Gasteiger partial charge >= 0.3 is 0 Å². The standard InChI is InChI=1S/C16H17Br2N/c1-11-9-13(17)7-8-14(11)16(19-2)10-12-5-3-4-6-15(12)18/h3-9,16,19H,10H2,1-2H3. The van der Waals surface area contributed by atoms with Crippen LogP contribution in [0.1, 0.15) is 22.7 Å². The number of likely N-dealkylation sites (N-methyl/N-ethyl adjacent to an activating group) is 1. The van der Waals surface area contributed by atoms with Crippen LogP contribution in [0.15, 0.2) is 51.4 Å². The Balaban J connectivity index is 2.28. The summed E-state index contributed by atoms with van der Waals surface area (Å²) in [7, 11) is 2.02. The molecule has 0 aliphatic rings. The highest BCUT2D eigenvalue weighted by Gasteiger charge is 2.14. The third-order valence-corrected chi connectivity index (χ3v) is 4.60. The van der Waals surface area contributed by atoms with Crippen molar-refractivity contribution in [1.82, 2.24) is 5.32 Å². The zero-order valence-corrected chi connectivity index (χ0v) is 14.3. The first-order valence-electron chi connectivity index (χ1n) is 6.28.